The van der Waals surface area contributed by atoms with Crippen molar-refractivity contribution in [2.45, 2.75) is 31.7 Å². The van der Waals surface area contributed by atoms with Crippen LogP contribution in [0.5, 0.6) is 0 Å². The van der Waals surface area contributed by atoms with E-state index < -0.39 is 5.92 Å². The van der Waals surface area contributed by atoms with Gasteiger partial charge in [-0.3, -0.25) is 9.59 Å². The quantitative estimate of drug-likeness (QED) is 0.818. The van der Waals surface area contributed by atoms with Gasteiger partial charge in [-0.05, 0) is 49.4 Å². The van der Waals surface area contributed by atoms with Crippen LogP contribution in [0.2, 0.25) is 5.02 Å². The van der Waals surface area contributed by atoms with Crippen molar-refractivity contribution >= 4 is 34.3 Å². The smallest absolute Gasteiger partial charge is 0.235 e. The molecule has 2 fully saturated rings. The van der Waals surface area contributed by atoms with Crippen LogP contribution in [0.4, 0.5) is 0 Å². The third-order valence-electron chi connectivity index (χ3n) is 4.97. The Balaban J connectivity index is 1.34. The minimum atomic E-state index is -0.497. The van der Waals surface area contributed by atoms with E-state index in [1.54, 1.807) is 0 Å². The third-order valence-corrected chi connectivity index (χ3v) is 5.20. The molecule has 1 aromatic carbocycles. The lowest BCUT2D eigenvalue weighted by molar-refractivity contribution is -0.137. The van der Waals surface area contributed by atoms with Gasteiger partial charge in [-0.2, -0.15) is 0 Å². The number of likely N-dealkylation sites (tertiary alicyclic amines) is 1. The molecule has 6 heteroatoms. The topological polar surface area (TPSA) is 65.2 Å². The highest BCUT2D eigenvalue weighted by Gasteiger charge is 2.43. The first-order valence-corrected chi connectivity index (χ1v) is 8.85. The van der Waals surface area contributed by atoms with Crippen molar-refractivity contribution in [2.75, 3.05) is 13.1 Å². The predicted octanol–water partition coefficient (Wildman–Crippen LogP) is 2.49. The van der Waals surface area contributed by atoms with Gasteiger partial charge in [0, 0.05) is 41.3 Å². The SMILES string of the molecule is O=C(NCCc1c[nH]c2ccc(Cl)cc12)C1CCN(C2CC2)C1=O. The number of nitrogens with zero attached hydrogens (tertiary/aromatic N) is 1. The molecule has 1 saturated heterocycles. The normalized spacial score (nSPS) is 20.8. The van der Waals surface area contributed by atoms with E-state index in [1.165, 1.54) is 0 Å². The number of halogens is 1. The van der Waals surface area contributed by atoms with Gasteiger partial charge < -0.3 is 15.2 Å². The van der Waals surface area contributed by atoms with Gasteiger partial charge in [-0.1, -0.05) is 11.6 Å². The molecule has 126 valence electrons. The number of nitrogens with one attached hydrogen (secondary N) is 2. The summed E-state index contributed by atoms with van der Waals surface area (Å²) >= 11 is 6.05. The summed E-state index contributed by atoms with van der Waals surface area (Å²) < 4.78 is 0. The van der Waals surface area contributed by atoms with E-state index in [0.717, 1.165) is 35.9 Å². The molecule has 2 N–H and O–H groups in total. The van der Waals surface area contributed by atoms with Crippen molar-refractivity contribution in [1.82, 2.24) is 15.2 Å². The Morgan fingerprint density at radius 1 is 1.33 bits per heavy atom. The molecule has 1 aliphatic heterocycles. The van der Waals surface area contributed by atoms with Crippen LogP contribution in [0, 0.1) is 5.92 Å². The molecule has 2 amide bonds. The van der Waals surface area contributed by atoms with Crippen LogP contribution in [0.15, 0.2) is 24.4 Å². The molecule has 0 spiro atoms. The second-order valence-electron chi connectivity index (χ2n) is 6.65. The van der Waals surface area contributed by atoms with E-state index in [4.69, 9.17) is 11.6 Å². The lowest BCUT2D eigenvalue weighted by Crippen LogP contribution is -2.38. The average molecular weight is 346 g/mol. The van der Waals surface area contributed by atoms with Gasteiger partial charge in [0.1, 0.15) is 5.92 Å². The second kappa shape index (κ2) is 6.13. The van der Waals surface area contributed by atoms with E-state index in [9.17, 15) is 9.59 Å². The number of amides is 2. The monoisotopic (exact) mass is 345 g/mol. The molecule has 2 aromatic rings. The van der Waals surface area contributed by atoms with Crippen LogP contribution in [-0.4, -0.2) is 40.8 Å². The van der Waals surface area contributed by atoms with Crippen molar-refractivity contribution in [3.05, 3.63) is 35.0 Å². The van der Waals surface area contributed by atoms with Gasteiger partial charge in [0.15, 0.2) is 0 Å². The first kappa shape index (κ1) is 15.5. The first-order valence-electron chi connectivity index (χ1n) is 8.47. The molecular formula is C18H20ClN3O2. The van der Waals surface area contributed by atoms with Crippen LogP contribution in [0.1, 0.15) is 24.8 Å². The van der Waals surface area contributed by atoms with Crippen LogP contribution in [0.25, 0.3) is 10.9 Å². The molecule has 24 heavy (non-hydrogen) atoms. The van der Waals surface area contributed by atoms with Crippen LogP contribution in [-0.2, 0) is 16.0 Å². The van der Waals surface area contributed by atoms with E-state index in [-0.39, 0.29) is 11.8 Å². The number of rotatable bonds is 5. The van der Waals surface area contributed by atoms with E-state index >= 15 is 0 Å². The second-order valence-corrected chi connectivity index (χ2v) is 7.09. The average Bonchev–Trinajstić information content (AvgIpc) is 3.22. The molecule has 4 rings (SSSR count). The molecule has 0 bridgehead atoms. The minimum Gasteiger partial charge on any atom is -0.361 e. The number of hydrogen-bond donors (Lipinski definition) is 2. The fourth-order valence-corrected chi connectivity index (χ4v) is 3.67. The Morgan fingerprint density at radius 2 is 2.17 bits per heavy atom. The summed E-state index contributed by atoms with van der Waals surface area (Å²) in [6.45, 7) is 1.24. The van der Waals surface area contributed by atoms with Crippen molar-refractivity contribution in [2.24, 2.45) is 5.92 Å². The highest BCUT2D eigenvalue weighted by atomic mass is 35.5. The number of hydrogen-bond acceptors (Lipinski definition) is 2. The molecule has 2 heterocycles. The number of carbonyl (C=O) groups is 2. The van der Waals surface area contributed by atoms with E-state index in [0.29, 0.717) is 30.5 Å². The highest BCUT2D eigenvalue weighted by Crippen LogP contribution is 2.32. The van der Waals surface area contributed by atoms with Gasteiger partial charge in [0.05, 0.1) is 0 Å². The Kier molecular flexibility index (Phi) is 3.96. The summed E-state index contributed by atoms with van der Waals surface area (Å²) in [7, 11) is 0. The molecular weight excluding hydrogens is 326 g/mol. The number of aromatic amines is 1. The van der Waals surface area contributed by atoms with Gasteiger partial charge in [-0.25, -0.2) is 0 Å². The molecule has 1 aliphatic carbocycles. The van der Waals surface area contributed by atoms with Gasteiger partial charge in [-0.15, -0.1) is 0 Å². The van der Waals surface area contributed by atoms with Crippen LogP contribution < -0.4 is 5.32 Å². The number of fused-ring (bicyclic) bond motifs is 1. The van der Waals surface area contributed by atoms with Gasteiger partial charge in [0.2, 0.25) is 11.8 Å². The van der Waals surface area contributed by atoms with Crippen LogP contribution >= 0.6 is 11.6 Å². The Bertz CT molecular complexity index is 797. The fourth-order valence-electron chi connectivity index (χ4n) is 3.50. The number of aromatic nitrogens is 1. The van der Waals surface area contributed by atoms with Gasteiger partial charge in [0.25, 0.3) is 0 Å². The van der Waals surface area contributed by atoms with Crippen molar-refractivity contribution in [1.29, 1.82) is 0 Å². The summed E-state index contributed by atoms with van der Waals surface area (Å²) in [6, 6.07) is 6.12. The fraction of sp³-hybridized carbons (Fsp3) is 0.444. The molecule has 1 aromatic heterocycles. The molecule has 1 saturated carbocycles. The number of H-pyrrole nitrogens is 1. The van der Waals surface area contributed by atoms with E-state index in [1.807, 2.05) is 29.3 Å². The zero-order valence-electron chi connectivity index (χ0n) is 13.3. The first-order chi connectivity index (χ1) is 11.6. The minimum absolute atomic E-state index is 0.00822. The van der Waals surface area contributed by atoms with Crippen molar-refractivity contribution in [3.8, 4) is 0 Å². The zero-order chi connectivity index (χ0) is 16.7. The summed E-state index contributed by atoms with van der Waals surface area (Å²) in [6.07, 6.45) is 5.47. The molecule has 2 aliphatic rings. The standard InChI is InChI=1S/C18H20ClN3O2/c19-12-1-4-16-15(9-12)11(10-21-16)5-7-20-17(23)14-6-8-22(18(14)24)13-2-3-13/h1,4,9-10,13-14,21H,2-3,5-8H2,(H,20,23). The predicted molar refractivity (Wildman–Crippen MR) is 92.9 cm³/mol. The maximum absolute atomic E-state index is 12.3. The molecule has 1 atom stereocenters. The summed E-state index contributed by atoms with van der Waals surface area (Å²) in [5.41, 5.74) is 2.15. The Hall–Kier alpha value is -2.01. The maximum Gasteiger partial charge on any atom is 0.235 e. The highest BCUT2D eigenvalue weighted by molar-refractivity contribution is 6.31. The summed E-state index contributed by atoms with van der Waals surface area (Å²) in [4.78, 5) is 29.7. The third kappa shape index (κ3) is 2.88. The van der Waals surface area contributed by atoms with Crippen molar-refractivity contribution < 1.29 is 9.59 Å². The molecule has 5 nitrogen and oxygen atoms in total. The Morgan fingerprint density at radius 3 is 2.96 bits per heavy atom. The molecule has 1 unspecified atom stereocenters. The van der Waals surface area contributed by atoms with Gasteiger partial charge >= 0.3 is 0 Å². The lowest BCUT2D eigenvalue weighted by atomic mass is 10.1. The maximum atomic E-state index is 12.3. The Labute approximate surface area is 145 Å². The van der Waals surface area contributed by atoms with Crippen molar-refractivity contribution in [3.63, 3.8) is 0 Å². The molecule has 0 radical (unpaired) electrons. The number of carbonyl (C=O) groups excluding carboxylic acids is 2. The lowest BCUT2D eigenvalue weighted by Gasteiger charge is -2.15. The number of benzene rings is 1. The van der Waals surface area contributed by atoms with Crippen LogP contribution in [0.3, 0.4) is 0 Å². The summed E-state index contributed by atoms with van der Waals surface area (Å²) in [5, 5.41) is 4.69. The summed E-state index contributed by atoms with van der Waals surface area (Å²) in [5.74, 6) is -0.627. The van der Waals surface area contributed by atoms with E-state index in [2.05, 4.69) is 10.3 Å². The largest absolute Gasteiger partial charge is 0.361 e. The zero-order valence-corrected chi connectivity index (χ0v) is 14.1.